The molecule has 0 unspecified atom stereocenters. The Balaban J connectivity index is 1.89. The summed E-state index contributed by atoms with van der Waals surface area (Å²) in [6.45, 7) is 6.97. The van der Waals surface area contributed by atoms with Gasteiger partial charge in [0, 0.05) is 5.56 Å². The molecule has 0 aromatic heterocycles. The van der Waals surface area contributed by atoms with E-state index in [9.17, 15) is 4.79 Å². The summed E-state index contributed by atoms with van der Waals surface area (Å²) in [5.41, 5.74) is 4.68. The van der Waals surface area contributed by atoms with Gasteiger partial charge in [0.2, 0.25) is 0 Å². The molecule has 0 heterocycles. The third kappa shape index (κ3) is 4.56. The Morgan fingerprint density at radius 3 is 2.19 bits per heavy atom. The Bertz CT molecular complexity index is 920. The fourth-order valence-electron chi connectivity index (χ4n) is 2.87. The van der Waals surface area contributed by atoms with Crippen LogP contribution in [0.4, 0.5) is 0 Å². The van der Waals surface area contributed by atoms with Crippen LogP contribution in [0.2, 0.25) is 0 Å². The van der Waals surface area contributed by atoms with Crippen LogP contribution in [0.25, 0.3) is 11.1 Å². The maximum Gasteiger partial charge on any atom is 0.335 e. The van der Waals surface area contributed by atoms with Gasteiger partial charge in [0.05, 0.1) is 5.56 Å². The summed E-state index contributed by atoms with van der Waals surface area (Å²) in [6, 6.07) is 23.3. The van der Waals surface area contributed by atoms with Crippen molar-refractivity contribution in [3.8, 4) is 16.9 Å². The van der Waals surface area contributed by atoms with E-state index in [4.69, 9.17) is 9.84 Å². The van der Waals surface area contributed by atoms with Gasteiger partial charge in [-0.2, -0.15) is 0 Å². The molecule has 27 heavy (non-hydrogen) atoms. The number of benzene rings is 3. The number of carboxylic acid groups (broad SMARTS) is 1. The molecule has 0 atom stereocenters. The van der Waals surface area contributed by atoms with Gasteiger partial charge in [-0.15, -0.1) is 0 Å². The van der Waals surface area contributed by atoms with Crippen LogP contribution in [-0.4, -0.2) is 11.1 Å². The molecule has 0 bridgehead atoms. The second kappa shape index (κ2) is 7.67. The number of rotatable bonds is 5. The van der Waals surface area contributed by atoms with Gasteiger partial charge in [-0.25, -0.2) is 4.79 Å². The Labute approximate surface area is 160 Å². The summed E-state index contributed by atoms with van der Waals surface area (Å²) in [4.78, 5) is 11.0. The van der Waals surface area contributed by atoms with Crippen molar-refractivity contribution in [1.29, 1.82) is 0 Å². The lowest BCUT2D eigenvalue weighted by Crippen LogP contribution is -2.11. The van der Waals surface area contributed by atoms with Gasteiger partial charge < -0.3 is 9.84 Å². The summed E-state index contributed by atoms with van der Waals surface area (Å²) >= 11 is 0. The van der Waals surface area contributed by atoms with Crippen LogP contribution < -0.4 is 4.74 Å². The molecule has 0 amide bonds. The van der Waals surface area contributed by atoms with Gasteiger partial charge in [0.25, 0.3) is 0 Å². The van der Waals surface area contributed by atoms with Crippen LogP contribution in [0, 0.1) is 0 Å². The summed E-state index contributed by atoms with van der Waals surface area (Å²) < 4.78 is 6.10. The van der Waals surface area contributed by atoms with E-state index >= 15 is 0 Å². The third-order valence-corrected chi connectivity index (χ3v) is 4.53. The number of carbonyl (C=O) groups is 1. The second-order valence-electron chi connectivity index (χ2n) is 7.62. The van der Waals surface area contributed by atoms with Crippen molar-refractivity contribution in [3.63, 3.8) is 0 Å². The summed E-state index contributed by atoms with van der Waals surface area (Å²) in [6.07, 6.45) is 0. The largest absolute Gasteiger partial charge is 0.488 e. The molecule has 0 spiro atoms. The van der Waals surface area contributed by atoms with E-state index in [2.05, 4.69) is 45.0 Å². The Hall–Kier alpha value is -3.07. The molecule has 3 nitrogen and oxygen atoms in total. The lowest BCUT2D eigenvalue weighted by molar-refractivity contribution is 0.0697. The number of hydrogen-bond acceptors (Lipinski definition) is 2. The van der Waals surface area contributed by atoms with Crippen LogP contribution in [0.15, 0.2) is 72.8 Å². The zero-order valence-corrected chi connectivity index (χ0v) is 15.9. The van der Waals surface area contributed by atoms with Crippen molar-refractivity contribution < 1.29 is 14.6 Å². The highest BCUT2D eigenvalue weighted by molar-refractivity contribution is 5.87. The maximum atomic E-state index is 11.0. The standard InChI is InChI=1S/C24H24O3/c1-24(2,3)20-13-14-22(21(15-20)18-7-5-4-6-8-18)27-16-17-9-11-19(12-10-17)23(25)26/h4-15H,16H2,1-3H3,(H,25,26). The van der Waals surface area contributed by atoms with Crippen LogP contribution in [0.3, 0.4) is 0 Å². The van der Waals surface area contributed by atoms with E-state index in [0.717, 1.165) is 22.4 Å². The van der Waals surface area contributed by atoms with Crippen molar-refractivity contribution in [2.45, 2.75) is 32.8 Å². The van der Waals surface area contributed by atoms with E-state index in [1.165, 1.54) is 5.56 Å². The van der Waals surface area contributed by atoms with Crippen molar-refractivity contribution in [1.82, 2.24) is 0 Å². The van der Waals surface area contributed by atoms with E-state index < -0.39 is 5.97 Å². The SMILES string of the molecule is CC(C)(C)c1ccc(OCc2ccc(C(=O)O)cc2)c(-c2ccccc2)c1. The third-order valence-electron chi connectivity index (χ3n) is 4.53. The average molecular weight is 360 g/mol. The molecule has 0 aliphatic rings. The monoisotopic (exact) mass is 360 g/mol. The second-order valence-corrected chi connectivity index (χ2v) is 7.62. The van der Waals surface area contributed by atoms with E-state index in [1.807, 2.05) is 24.3 Å². The van der Waals surface area contributed by atoms with Gasteiger partial charge >= 0.3 is 5.97 Å². The molecule has 3 aromatic carbocycles. The minimum atomic E-state index is -0.924. The number of aromatic carboxylic acids is 1. The lowest BCUT2D eigenvalue weighted by Gasteiger charge is -2.22. The van der Waals surface area contributed by atoms with E-state index in [-0.39, 0.29) is 11.0 Å². The molecule has 3 rings (SSSR count). The molecule has 1 N–H and O–H groups in total. The van der Waals surface area contributed by atoms with Gasteiger partial charge in [-0.3, -0.25) is 0 Å². The molecular formula is C24H24O3. The molecule has 3 aromatic rings. The van der Waals surface area contributed by atoms with Gasteiger partial charge in [0.15, 0.2) is 0 Å². The maximum absolute atomic E-state index is 11.0. The average Bonchev–Trinajstić information content (AvgIpc) is 2.66. The van der Waals surface area contributed by atoms with Crippen LogP contribution >= 0.6 is 0 Å². The Kier molecular flexibility index (Phi) is 5.31. The highest BCUT2D eigenvalue weighted by Crippen LogP contribution is 2.35. The van der Waals surface area contributed by atoms with Crippen LogP contribution in [-0.2, 0) is 12.0 Å². The fourth-order valence-corrected chi connectivity index (χ4v) is 2.87. The molecule has 0 saturated carbocycles. The Morgan fingerprint density at radius 2 is 1.59 bits per heavy atom. The smallest absolute Gasteiger partial charge is 0.335 e. The quantitative estimate of drug-likeness (QED) is 0.613. The summed E-state index contributed by atoms with van der Waals surface area (Å²) in [7, 11) is 0. The number of carboxylic acids is 1. The molecule has 3 heteroatoms. The van der Waals surface area contributed by atoms with Crippen molar-refractivity contribution in [2.24, 2.45) is 0 Å². The molecule has 0 aliphatic heterocycles. The van der Waals surface area contributed by atoms with E-state index in [0.29, 0.717) is 6.61 Å². The zero-order chi connectivity index (χ0) is 19.4. The highest BCUT2D eigenvalue weighted by Gasteiger charge is 2.17. The Morgan fingerprint density at radius 1 is 0.926 bits per heavy atom. The van der Waals surface area contributed by atoms with Gasteiger partial charge in [-0.05, 0) is 46.4 Å². The van der Waals surface area contributed by atoms with Crippen LogP contribution in [0.1, 0.15) is 42.3 Å². The first-order chi connectivity index (χ1) is 12.8. The normalized spacial score (nSPS) is 11.2. The molecule has 0 aliphatic carbocycles. The minimum absolute atomic E-state index is 0.0503. The molecule has 0 radical (unpaired) electrons. The summed E-state index contributed by atoms with van der Waals surface area (Å²) in [5.74, 6) is -0.108. The van der Waals surface area contributed by atoms with Crippen molar-refractivity contribution in [3.05, 3.63) is 89.5 Å². The van der Waals surface area contributed by atoms with Crippen molar-refractivity contribution >= 4 is 5.97 Å². The molecule has 138 valence electrons. The predicted octanol–water partition coefficient (Wildman–Crippen LogP) is 5.93. The predicted molar refractivity (Wildman–Crippen MR) is 108 cm³/mol. The number of ether oxygens (including phenoxy) is 1. The molecule has 0 saturated heterocycles. The highest BCUT2D eigenvalue weighted by atomic mass is 16.5. The minimum Gasteiger partial charge on any atom is -0.488 e. The van der Waals surface area contributed by atoms with E-state index in [1.54, 1.807) is 24.3 Å². The first-order valence-corrected chi connectivity index (χ1v) is 8.99. The zero-order valence-electron chi connectivity index (χ0n) is 15.9. The molecule has 0 fully saturated rings. The van der Waals surface area contributed by atoms with Gasteiger partial charge in [0.1, 0.15) is 12.4 Å². The first kappa shape index (κ1) is 18.7. The topological polar surface area (TPSA) is 46.5 Å². The lowest BCUT2D eigenvalue weighted by atomic mass is 9.85. The molecular weight excluding hydrogens is 336 g/mol. The summed E-state index contributed by atoms with van der Waals surface area (Å²) in [5, 5.41) is 9.01. The van der Waals surface area contributed by atoms with Crippen molar-refractivity contribution in [2.75, 3.05) is 0 Å². The van der Waals surface area contributed by atoms with Crippen LogP contribution in [0.5, 0.6) is 5.75 Å². The number of hydrogen-bond donors (Lipinski definition) is 1. The van der Waals surface area contributed by atoms with Gasteiger partial charge in [-0.1, -0.05) is 69.3 Å². The first-order valence-electron chi connectivity index (χ1n) is 8.99. The fraction of sp³-hybridized carbons (Fsp3) is 0.208.